The minimum atomic E-state index is -0.921. The Morgan fingerprint density at radius 2 is 2.06 bits per heavy atom. The van der Waals surface area contributed by atoms with Crippen molar-refractivity contribution >= 4 is 11.7 Å². The highest BCUT2D eigenvalue weighted by Gasteiger charge is 2.16. The number of amides is 1. The molecule has 0 fully saturated rings. The van der Waals surface area contributed by atoms with Crippen molar-refractivity contribution in [3.05, 3.63) is 29.6 Å². The van der Waals surface area contributed by atoms with Crippen molar-refractivity contribution in [3.63, 3.8) is 0 Å². The Hall–Kier alpha value is -1.91. The number of carbonyl (C=O) groups is 2. The number of ether oxygens (including phenoxy) is 1. The third-order valence-corrected chi connectivity index (χ3v) is 2.24. The molecular weight excluding hydrogens is 225 g/mol. The summed E-state index contributed by atoms with van der Waals surface area (Å²) in [5, 5.41) is 0. The molecule has 0 bridgehead atoms. The van der Waals surface area contributed by atoms with E-state index in [0.29, 0.717) is 0 Å². The van der Waals surface area contributed by atoms with E-state index in [0.717, 1.165) is 6.07 Å². The zero-order chi connectivity index (χ0) is 13.0. The monoisotopic (exact) mass is 239 g/mol. The maximum Gasteiger partial charge on any atom is 0.255 e. The topological polar surface area (TPSA) is 69.4 Å². The molecule has 0 saturated carbocycles. The summed E-state index contributed by atoms with van der Waals surface area (Å²) < 4.78 is 18.4. The van der Waals surface area contributed by atoms with Crippen LogP contribution in [-0.4, -0.2) is 18.3 Å². The predicted octanol–water partition coefficient (Wildman–Crippen LogP) is 1.53. The van der Waals surface area contributed by atoms with Crippen molar-refractivity contribution < 1.29 is 18.7 Å². The second kappa shape index (κ2) is 5.43. The van der Waals surface area contributed by atoms with Gasteiger partial charge in [-0.15, -0.1) is 0 Å². The van der Waals surface area contributed by atoms with Crippen molar-refractivity contribution in [3.8, 4) is 5.75 Å². The zero-order valence-electron chi connectivity index (χ0n) is 9.70. The van der Waals surface area contributed by atoms with Crippen LogP contribution in [0.2, 0.25) is 0 Å². The predicted molar refractivity (Wildman–Crippen MR) is 60.3 cm³/mol. The lowest BCUT2D eigenvalue weighted by Crippen LogP contribution is -2.20. The Morgan fingerprint density at radius 1 is 1.41 bits per heavy atom. The summed E-state index contributed by atoms with van der Waals surface area (Å²) in [6.07, 6.45) is 0. The first-order chi connectivity index (χ1) is 7.93. The van der Waals surface area contributed by atoms with Gasteiger partial charge in [0, 0.05) is 5.92 Å². The van der Waals surface area contributed by atoms with Crippen LogP contribution < -0.4 is 10.5 Å². The van der Waals surface area contributed by atoms with Crippen LogP contribution in [0.15, 0.2) is 18.2 Å². The second-order valence-electron chi connectivity index (χ2n) is 3.89. The highest BCUT2D eigenvalue weighted by Crippen LogP contribution is 2.21. The molecule has 1 aromatic rings. The van der Waals surface area contributed by atoms with Crippen LogP contribution in [0, 0.1) is 11.7 Å². The van der Waals surface area contributed by atoms with E-state index in [9.17, 15) is 14.0 Å². The SMILES string of the molecule is CC(C)C(=O)COc1cccc(F)c1C(N)=O. The Morgan fingerprint density at radius 3 is 2.59 bits per heavy atom. The van der Waals surface area contributed by atoms with E-state index in [1.54, 1.807) is 13.8 Å². The summed E-state index contributed by atoms with van der Waals surface area (Å²) in [5.41, 5.74) is 4.71. The molecule has 0 aromatic heterocycles. The van der Waals surface area contributed by atoms with E-state index in [4.69, 9.17) is 10.5 Å². The highest BCUT2D eigenvalue weighted by molar-refractivity contribution is 5.96. The van der Waals surface area contributed by atoms with Gasteiger partial charge in [0.1, 0.15) is 23.7 Å². The van der Waals surface area contributed by atoms with Crippen LogP contribution in [0.4, 0.5) is 4.39 Å². The summed E-state index contributed by atoms with van der Waals surface area (Å²) in [6, 6.07) is 3.89. The van der Waals surface area contributed by atoms with Gasteiger partial charge in [-0.3, -0.25) is 9.59 Å². The first-order valence-corrected chi connectivity index (χ1v) is 5.17. The van der Waals surface area contributed by atoms with Crippen LogP contribution in [0.5, 0.6) is 5.75 Å². The average Bonchev–Trinajstić information content (AvgIpc) is 2.24. The van der Waals surface area contributed by atoms with Gasteiger partial charge in [-0.25, -0.2) is 4.39 Å². The van der Waals surface area contributed by atoms with E-state index >= 15 is 0 Å². The largest absolute Gasteiger partial charge is 0.485 e. The van der Waals surface area contributed by atoms with E-state index in [2.05, 4.69) is 0 Å². The molecule has 1 amide bonds. The maximum atomic E-state index is 13.3. The first-order valence-electron chi connectivity index (χ1n) is 5.17. The van der Waals surface area contributed by atoms with E-state index in [1.165, 1.54) is 12.1 Å². The van der Waals surface area contributed by atoms with Crippen molar-refractivity contribution in [2.24, 2.45) is 11.7 Å². The Kier molecular flexibility index (Phi) is 4.20. The van der Waals surface area contributed by atoms with E-state index in [-0.39, 0.29) is 29.6 Å². The molecule has 0 heterocycles. The number of nitrogens with two attached hydrogens (primary N) is 1. The van der Waals surface area contributed by atoms with E-state index in [1.807, 2.05) is 0 Å². The number of rotatable bonds is 5. The number of ketones is 1. The third-order valence-electron chi connectivity index (χ3n) is 2.24. The summed E-state index contributed by atoms with van der Waals surface area (Å²) in [4.78, 5) is 22.4. The molecule has 1 rings (SSSR count). The lowest BCUT2D eigenvalue weighted by molar-refractivity contribution is -0.123. The van der Waals surface area contributed by atoms with Gasteiger partial charge in [-0.1, -0.05) is 19.9 Å². The first kappa shape index (κ1) is 13.2. The number of halogens is 1. The Balaban J connectivity index is 2.88. The minimum Gasteiger partial charge on any atom is -0.485 e. The van der Waals surface area contributed by atoms with Gasteiger partial charge in [0.25, 0.3) is 5.91 Å². The fourth-order valence-corrected chi connectivity index (χ4v) is 1.18. The van der Waals surface area contributed by atoms with Gasteiger partial charge < -0.3 is 10.5 Å². The molecule has 0 radical (unpaired) electrons. The molecule has 0 aliphatic carbocycles. The molecule has 0 atom stereocenters. The van der Waals surface area contributed by atoms with Gasteiger partial charge in [0.2, 0.25) is 0 Å². The zero-order valence-corrected chi connectivity index (χ0v) is 9.70. The van der Waals surface area contributed by atoms with Crippen LogP contribution in [0.3, 0.4) is 0 Å². The number of hydrogen-bond donors (Lipinski definition) is 1. The fraction of sp³-hybridized carbons (Fsp3) is 0.333. The van der Waals surface area contributed by atoms with Crippen molar-refractivity contribution in [1.29, 1.82) is 0 Å². The fourth-order valence-electron chi connectivity index (χ4n) is 1.18. The number of carbonyl (C=O) groups excluding carboxylic acids is 2. The van der Waals surface area contributed by atoms with Crippen LogP contribution in [0.1, 0.15) is 24.2 Å². The molecule has 5 heteroatoms. The number of hydrogen-bond acceptors (Lipinski definition) is 3. The molecule has 0 aliphatic rings. The lowest BCUT2D eigenvalue weighted by atomic mass is 10.1. The van der Waals surface area contributed by atoms with Gasteiger partial charge in [-0.2, -0.15) is 0 Å². The van der Waals surface area contributed by atoms with Crippen molar-refractivity contribution in [2.75, 3.05) is 6.61 Å². The summed E-state index contributed by atoms with van der Waals surface area (Å²) in [6.45, 7) is 3.25. The summed E-state index contributed by atoms with van der Waals surface area (Å²) >= 11 is 0. The molecule has 0 unspecified atom stereocenters. The molecule has 0 spiro atoms. The second-order valence-corrected chi connectivity index (χ2v) is 3.89. The minimum absolute atomic E-state index is 0.00787. The summed E-state index contributed by atoms with van der Waals surface area (Å²) in [5.74, 6) is -2.00. The molecular formula is C12H14FNO3. The normalized spacial score (nSPS) is 10.4. The van der Waals surface area contributed by atoms with Gasteiger partial charge in [0.15, 0.2) is 5.78 Å². The third kappa shape index (κ3) is 3.27. The average molecular weight is 239 g/mol. The number of Topliss-reactive ketones (excluding diaryl/α,β-unsaturated/α-hetero) is 1. The van der Waals surface area contributed by atoms with Crippen LogP contribution in [-0.2, 0) is 4.79 Å². The van der Waals surface area contributed by atoms with E-state index < -0.39 is 11.7 Å². The maximum absolute atomic E-state index is 13.3. The number of benzene rings is 1. The van der Waals surface area contributed by atoms with Crippen molar-refractivity contribution in [1.82, 2.24) is 0 Å². The highest BCUT2D eigenvalue weighted by atomic mass is 19.1. The lowest BCUT2D eigenvalue weighted by Gasteiger charge is -2.10. The van der Waals surface area contributed by atoms with Crippen LogP contribution >= 0.6 is 0 Å². The standard InChI is InChI=1S/C12H14FNO3/c1-7(2)9(15)6-17-10-5-3-4-8(13)11(10)12(14)16/h3-5,7H,6H2,1-2H3,(H2,14,16). The molecule has 92 valence electrons. The van der Waals surface area contributed by atoms with Gasteiger partial charge >= 0.3 is 0 Å². The quantitative estimate of drug-likeness (QED) is 0.847. The Labute approximate surface area is 98.6 Å². The van der Waals surface area contributed by atoms with Crippen LogP contribution in [0.25, 0.3) is 0 Å². The van der Waals surface area contributed by atoms with Gasteiger partial charge in [-0.05, 0) is 12.1 Å². The molecule has 4 nitrogen and oxygen atoms in total. The molecule has 0 aliphatic heterocycles. The smallest absolute Gasteiger partial charge is 0.255 e. The number of primary amides is 1. The molecule has 2 N–H and O–H groups in total. The van der Waals surface area contributed by atoms with Gasteiger partial charge in [0.05, 0.1) is 0 Å². The molecule has 1 aromatic carbocycles. The Bertz CT molecular complexity index is 443. The summed E-state index contributed by atoms with van der Waals surface area (Å²) in [7, 11) is 0. The van der Waals surface area contributed by atoms with Crippen molar-refractivity contribution in [2.45, 2.75) is 13.8 Å². The molecule has 17 heavy (non-hydrogen) atoms. The molecule has 0 saturated heterocycles.